The van der Waals surface area contributed by atoms with Crippen LogP contribution in [0.2, 0.25) is 0 Å². The molecule has 1 atom stereocenters. The maximum atomic E-state index is 12.1. The molecule has 0 fully saturated rings. The number of anilines is 1. The standard InChI is InChI=1S/C18H22N2O3.ClH/c1-12-7-6-8-13(2)17(12)23-16-10-5-4-9-15(16)20-18(21)14(19)11-22-3;/h4-10,14H,11,19H2,1-3H3,(H,20,21);1H. The fourth-order valence-corrected chi connectivity index (χ4v) is 2.21. The molecular weight excluding hydrogens is 328 g/mol. The second-order valence-electron chi connectivity index (χ2n) is 5.37. The molecule has 6 heteroatoms. The first-order valence-electron chi connectivity index (χ1n) is 7.41. The molecular formula is C18H23ClN2O3. The average Bonchev–Trinajstić information content (AvgIpc) is 2.52. The molecule has 2 aromatic rings. The Morgan fingerprint density at radius 3 is 2.38 bits per heavy atom. The zero-order chi connectivity index (χ0) is 16.8. The molecule has 2 aromatic carbocycles. The Morgan fingerprint density at radius 2 is 1.75 bits per heavy atom. The molecule has 0 saturated heterocycles. The quantitative estimate of drug-likeness (QED) is 0.837. The smallest absolute Gasteiger partial charge is 0.243 e. The van der Waals surface area contributed by atoms with Crippen molar-refractivity contribution in [1.29, 1.82) is 0 Å². The molecule has 5 nitrogen and oxygen atoms in total. The van der Waals surface area contributed by atoms with Crippen LogP contribution in [0.4, 0.5) is 5.69 Å². The number of halogens is 1. The molecule has 0 bridgehead atoms. The Morgan fingerprint density at radius 1 is 1.12 bits per heavy atom. The first-order valence-corrected chi connectivity index (χ1v) is 7.41. The normalized spacial score (nSPS) is 11.3. The topological polar surface area (TPSA) is 73.6 Å². The van der Waals surface area contributed by atoms with Crippen molar-refractivity contribution in [3.63, 3.8) is 0 Å². The minimum atomic E-state index is -0.728. The summed E-state index contributed by atoms with van der Waals surface area (Å²) in [5.41, 5.74) is 8.38. The van der Waals surface area contributed by atoms with E-state index in [9.17, 15) is 4.79 Å². The number of carbonyl (C=O) groups excluding carboxylic acids is 1. The van der Waals surface area contributed by atoms with Gasteiger partial charge in [0.1, 0.15) is 11.8 Å². The monoisotopic (exact) mass is 350 g/mol. The minimum absolute atomic E-state index is 0. The van der Waals surface area contributed by atoms with Crippen molar-refractivity contribution in [2.24, 2.45) is 5.73 Å². The van der Waals surface area contributed by atoms with Crippen LogP contribution in [0.15, 0.2) is 42.5 Å². The van der Waals surface area contributed by atoms with Crippen LogP contribution in [0, 0.1) is 13.8 Å². The molecule has 24 heavy (non-hydrogen) atoms. The first-order chi connectivity index (χ1) is 11.0. The second kappa shape index (κ2) is 9.27. The lowest BCUT2D eigenvalue weighted by molar-refractivity contribution is -0.118. The summed E-state index contributed by atoms with van der Waals surface area (Å²) >= 11 is 0. The molecule has 1 unspecified atom stereocenters. The highest BCUT2D eigenvalue weighted by atomic mass is 35.5. The molecule has 0 radical (unpaired) electrons. The Bertz CT molecular complexity index is 671. The lowest BCUT2D eigenvalue weighted by Gasteiger charge is -2.16. The Hall–Kier alpha value is -2.08. The number of hydrogen-bond acceptors (Lipinski definition) is 4. The summed E-state index contributed by atoms with van der Waals surface area (Å²) in [6.07, 6.45) is 0. The number of nitrogens with one attached hydrogen (secondary N) is 1. The fourth-order valence-electron chi connectivity index (χ4n) is 2.21. The lowest BCUT2D eigenvalue weighted by atomic mass is 10.1. The number of ether oxygens (including phenoxy) is 2. The van der Waals surface area contributed by atoms with Crippen LogP contribution in [-0.4, -0.2) is 25.7 Å². The molecule has 0 aliphatic rings. The van der Waals surface area contributed by atoms with E-state index in [0.29, 0.717) is 11.4 Å². The molecule has 0 spiro atoms. The van der Waals surface area contributed by atoms with Gasteiger partial charge in [0.25, 0.3) is 0 Å². The lowest BCUT2D eigenvalue weighted by Crippen LogP contribution is -2.39. The molecule has 0 aromatic heterocycles. The number of rotatable bonds is 6. The van der Waals surface area contributed by atoms with E-state index in [1.54, 1.807) is 6.07 Å². The predicted molar refractivity (Wildman–Crippen MR) is 98.2 cm³/mol. The van der Waals surface area contributed by atoms with Crippen LogP contribution in [0.1, 0.15) is 11.1 Å². The molecule has 3 N–H and O–H groups in total. The van der Waals surface area contributed by atoms with Crippen molar-refractivity contribution in [1.82, 2.24) is 0 Å². The van der Waals surface area contributed by atoms with E-state index in [1.807, 2.05) is 50.2 Å². The highest BCUT2D eigenvalue weighted by Gasteiger charge is 2.16. The third-order valence-electron chi connectivity index (χ3n) is 3.45. The van der Waals surface area contributed by atoms with Crippen molar-refractivity contribution in [3.8, 4) is 11.5 Å². The predicted octanol–water partition coefficient (Wildman–Crippen LogP) is 3.43. The number of methoxy groups -OCH3 is 1. The van der Waals surface area contributed by atoms with Crippen LogP contribution in [-0.2, 0) is 9.53 Å². The number of nitrogens with two attached hydrogens (primary N) is 1. The van der Waals surface area contributed by atoms with Gasteiger partial charge in [0, 0.05) is 7.11 Å². The van der Waals surface area contributed by atoms with Gasteiger partial charge in [-0.1, -0.05) is 30.3 Å². The van der Waals surface area contributed by atoms with E-state index in [2.05, 4.69) is 5.32 Å². The van der Waals surface area contributed by atoms with Gasteiger partial charge in [-0.15, -0.1) is 12.4 Å². The van der Waals surface area contributed by atoms with Gasteiger partial charge in [-0.2, -0.15) is 0 Å². The molecule has 0 saturated carbocycles. The van der Waals surface area contributed by atoms with E-state index in [1.165, 1.54) is 7.11 Å². The number of aryl methyl sites for hydroxylation is 2. The van der Waals surface area contributed by atoms with Gasteiger partial charge in [0.15, 0.2) is 5.75 Å². The minimum Gasteiger partial charge on any atom is -0.455 e. The van der Waals surface area contributed by atoms with Crippen LogP contribution in [0.3, 0.4) is 0 Å². The van der Waals surface area contributed by atoms with Gasteiger partial charge in [-0.3, -0.25) is 4.79 Å². The summed E-state index contributed by atoms with van der Waals surface area (Å²) in [4.78, 5) is 12.1. The van der Waals surface area contributed by atoms with Crippen molar-refractivity contribution in [2.45, 2.75) is 19.9 Å². The summed E-state index contributed by atoms with van der Waals surface area (Å²) in [7, 11) is 1.51. The fraction of sp³-hybridized carbons (Fsp3) is 0.278. The number of amides is 1. The van der Waals surface area contributed by atoms with Crippen molar-refractivity contribution in [3.05, 3.63) is 53.6 Å². The molecule has 130 valence electrons. The van der Waals surface area contributed by atoms with E-state index in [4.69, 9.17) is 15.2 Å². The SMILES string of the molecule is COCC(N)C(=O)Nc1ccccc1Oc1c(C)cccc1C.Cl. The van der Waals surface area contributed by atoms with Gasteiger partial charge in [-0.25, -0.2) is 0 Å². The zero-order valence-electron chi connectivity index (χ0n) is 14.0. The zero-order valence-corrected chi connectivity index (χ0v) is 14.9. The number of hydrogen-bond donors (Lipinski definition) is 2. The maximum absolute atomic E-state index is 12.1. The van der Waals surface area contributed by atoms with Crippen molar-refractivity contribution in [2.75, 3.05) is 19.0 Å². The van der Waals surface area contributed by atoms with Crippen LogP contribution < -0.4 is 15.8 Å². The van der Waals surface area contributed by atoms with Gasteiger partial charge in [0.2, 0.25) is 5.91 Å². The Kier molecular flexibility index (Phi) is 7.71. The molecule has 2 rings (SSSR count). The highest BCUT2D eigenvalue weighted by Crippen LogP contribution is 2.33. The first kappa shape index (κ1) is 20.0. The van der Waals surface area contributed by atoms with Gasteiger partial charge < -0.3 is 20.5 Å². The largest absolute Gasteiger partial charge is 0.455 e. The highest BCUT2D eigenvalue weighted by molar-refractivity contribution is 5.96. The van der Waals surface area contributed by atoms with Crippen LogP contribution in [0.25, 0.3) is 0 Å². The Labute approximate surface area is 148 Å². The second-order valence-corrected chi connectivity index (χ2v) is 5.37. The molecule has 0 aliphatic carbocycles. The number of carbonyl (C=O) groups is 1. The summed E-state index contributed by atoms with van der Waals surface area (Å²) in [5.74, 6) is 1.04. The number of benzene rings is 2. The van der Waals surface area contributed by atoms with E-state index < -0.39 is 6.04 Å². The Balaban J connectivity index is 0.00000288. The maximum Gasteiger partial charge on any atom is 0.243 e. The van der Waals surface area contributed by atoms with Crippen molar-refractivity contribution >= 4 is 24.0 Å². The molecule has 0 aliphatic heterocycles. The van der Waals surface area contributed by atoms with E-state index in [0.717, 1.165) is 16.9 Å². The van der Waals surface area contributed by atoms with Gasteiger partial charge >= 0.3 is 0 Å². The van der Waals surface area contributed by atoms with Crippen LogP contribution >= 0.6 is 12.4 Å². The molecule has 1 amide bonds. The molecule has 0 heterocycles. The summed E-state index contributed by atoms with van der Waals surface area (Å²) in [6, 6.07) is 12.5. The third-order valence-corrected chi connectivity index (χ3v) is 3.45. The summed E-state index contributed by atoms with van der Waals surface area (Å²) in [5, 5.41) is 2.79. The van der Waals surface area contributed by atoms with Gasteiger partial charge in [-0.05, 0) is 37.1 Å². The summed E-state index contributed by atoms with van der Waals surface area (Å²) < 4.78 is 10.9. The summed E-state index contributed by atoms with van der Waals surface area (Å²) in [6.45, 7) is 4.13. The van der Waals surface area contributed by atoms with Gasteiger partial charge in [0.05, 0.1) is 12.3 Å². The van der Waals surface area contributed by atoms with E-state index in [-0.39, 0.29) is 24.9 Å². The van der Waals surface area contributed by atoms with Crippen molar-refractivity contribution < 1.29 is 14.3 Å². The average molecular weight is 351 g/mol. The number of para-hydroxylation sites is 3. The third kappa shape index (κ3) is 4.96. The van der Waals surface area contributed by atoms with Crippen LogP contribution in [0.5, 0.6) is 11.5 Å². The van der Waals surface area contributed by atoms with E-state index >= 15 is 0 Å².